The zero-order chi connectivity index (χ0) is 15.0. The number of benzene rings is 1. The third-order valence-electron chi connectivity index (χ3n) is 3.70. The summed E-state index contributed by atoms with van der Waals surface area (Å²) in [5, 5.41) is 4.18. The third kappa shape index (κ3) is 2.85. The summed E-state index contributed by atoms with van der Waals surface area (Å²) < 4.78 is 13.9. The van der Waals surface area contributed by atoms with Crippen molar-refractivity contribution in [1.82, 2.24) is 9.78 Å². The molecule has 0 bridgehead atoms. The van der Waals surface area contributed by atoms with Crippen molar-refractivity contribution >= 4 is 21.7 Å². The van der Waals surface area contributed by atoms with Crippen molar-refractivity contribution in [3.63, 3.8) is 0 Å². The van der Waals surface area contributed by atoms with Crippen molar-refractivity contribution in [3.05, 3.63) is 22.8 Å². The first-order valence-corrected chi connectivity index (χ1v) is 7.67. The van der Waals surface area contributed by atoms with Crippen LogP contribution in [0.4, 0.5) is 5.82 Å². The van der Waals surface area contributed by atoms with E-state index in [4.69, 9.17) is 15.2 Å². The molecule has 1 saturated carbocycles. The highest BCUT2D eigenvalue weighted by molar-refractivity contribution is 9.10. The van der Waals surface area contributed by atoms with E-state index in [9.17, 15) is 0 Å². The molecular formula is C15H18BrN3O2. The number of halogens is 1. The van der Waals surface area contributed by atoms with Crippen LogP contribution in [0.25, 0.3) is 11.1 Å². The summed E-state index contributed by atoms with van der Waals surface area (Å²) >= 11 is 3.59. The van der Waals surface area contributed by atoms with E-state index in [-0.39, 0.29) is 0 Å². The first-order chi connectivity index (χ1) is 10.1. The molecule has 0 amide bonds. The van der Waals surface area contributed by atoms with E-state index in [1.165, 1.54) is 12.8 Å². The molecule has 6 heteroatoms. The molecule has 0 aliphatic heterocycles. The van der Waals surface area contributed by atoms with Gasteiger partial charge < -0.3 is 15.2 Å². The molecule has 0 saturated heterocycles. The molecule has 1 aliphatic rings. The zero-order valence-corrected chi connectivity index (χ0v) is 13.7. The number of anilines is 1. The lowest BCUT2D eigenvalue weighted by molar-refractivity contribution is 0.280. The molecule has 0 unspecified atom stereocenters. The van der Waals surface area contributed by atoms with Gasteiger partial charge in [0.15, 0.2) is 11.5 Å². The van der Waals surface area contributed by atoms with Gasteiger partial charge in [-0.25, -0.2) is 0 Å². The van der Waals surface area contributed by atoms with Crippen LogP contribution in [0, 0.1) is 5.92 Å². The lowest BCUT2D eigenvalue weighted by Crippen LogP contribution is -2.02. The molecule has 3 rings (SSSR count). The van der Waals surface area contributed by atoms with Crippen molar-refractivity contribution in [1.29, 1.82) is 0 Å². The summed E-state index contributed by atoms with van der Waals surface area (Å²) in [5.74, 6) is 2.77. The Labute approximate surface area is 132 Å². The Balaban J connectivity index is 1.96. The second kappa shape index (κ2) is 5.60. The summed E-state index contributed by atoms with van der Waals surface area (Å²) in [4.78, 5) is 0. The molecular weight excluding hydrogens is 334 g/mol. The second-order valence-electron chi connectivity index (χ2n) is 5.30. The maximum atomic E-state index is 6.05. The SMILES string of the molecule is COc1cc(-c2cnn(C)c2N)c(Br)cc1OCC1CC1. The van der Waals surface area contributed by atoms with E-state index in [1.807, 2.05) is 19.2 Å². The van der Waals surface area contributed by atoms with Crippen molar-refractivity contribution in [2.24, 2.45) is 13.0 Å². The normalized spacial score (nSPS) is 14.2. The van der Waals surface area contributed by atoms with Gasteiger partial charge in [0, 0.05) is 22.6 Å². The highest BCUT2D eigenvalue weighted by Crippen LogP contribution is 2.41. The van der Waals surface area contributed by atoms with Crippen LogP contribution < -0.4 is 15.2 Å². The predicted molar refractivity (Wildman–Crippen MR) is 85.5 cm³/mol. The minimum atomic E-state index is 0.615. The van der Waals surface area contributed by atoms with Crippen LogP contribution in [0.2, 0.25) is 0 Å². The van der Waals surface area contributed by atoms with Crippen molar-refractivity contribution in [2.45, 2.75) is 12.8 Å². The van der Waals surface area contributed by atoms with Gasteiger partial charge in [0.25, 0.3) is 0 Å². The number of aromatic nitrogens is 2. The monoisotopic (exact) mass is 351 g/mol. The lowest BCUT2D eigenvalue weighted by atomic mass is 10.1. The van der Waals surface area contributed by atoms with Crippen LogP contribution in [0.15, 0.2) is 22.8 Å². The predicted octanol–water partition coefficient (Wildman–Crippen LogP) is 3.23. The molecule has 1 heterocycles. The molecule has 1 aliphatic carbocycles. The standard InChI is InChI=1S/C15H18BrN3O2/c1-19-15(17)11(7-18-19)10-5-13(20-2)14(6-12(10)16)21-8-9-3-4-9/h5-7,9H,3-4,8,17H2,1-2H3. The number of rotatable bonds is 5. The molecule has 2 N–H and O–H groups in total. The fourth-order valence-electron chi connectivity index (χ4n) is 2.16. The van der Waals surface area contributed by atoms with Crippen LogP contribution in [-0.2, 0) is 7.05 Å². The molecule has 5 nitrogen and oxygen atoms in total. The number of nitrogen functional groups attached to an aromatic ring is 1. The van der Waals surface area contributed by atoms with Gasteiger partial charge in [-0.2, -0.15) is 5.10 Å². The van der Waals surface area contributed by atoms with E-state index in [0.717, 1.165) is 28.0 Å². The van der Waals surface area contributed by atoms with Gasteiger partial charge in [-0.05, 0) is 30.9 Å². The first-order valence-electron chi connectivity index (χ1n) is 6.88. The smallest absolute Gasteiger partial charge is 0.162 e. The minimum absolute atomic E-state index is 0.615. The summed E-state index contributed by atoms with van der Waals surface area (Å²) in [6, 6.07) is 3.86. The maximum Gasteiger partial charge on any atom is 0.162 e. The number of hydrogen-bond acceptors (Lipinski definition) is 4. The Morgan fingerprint density at radius 3 is 2.67 bits per heavy atom. The number of nitrogens with two attached hydrogens (primary N) is 1. The Morgan fingerprint density at radius 1 is 1.33 bits per heavy atom. The Hall–Kier alpha value is -1.69. The van der Waals surface area contributed by atoms with Crippen molar-refractivity contribution in [3.8, 4) is 22.6 Å². The molecule has 2 aromatic rings. The van der Waals surface area contributed by atoms with Crippen LogP contribution >= 0.6 is 15.9 Å². The van der Waals surface area contributed by atoms with Crippen LogP contribution in [0.5, 0.6) is 11.5 Å². The van der Waals surface area contributed by atoms with E-state index in [2.05, 4.69) is 21.0 Å². The maximum absolute atomic E-state index is 6.05. The van der Waals surface area contributed by atoms with Crippen LogP contribution in [-0.4, -0.2) is 23.5 Å². The van der Waals surface area contributed by atoms with Gasteiger partial charge in [0.1, 0.15) is 5.82 Å². The summed E-state index contributed by atoms with van der Waals surface area (Å²) in [6.45, 7) is 0.747. The fourth-order valence-corrected chi connectivity index (χ4v) is 2.70. The molecule has 0 radical (unpaired) electrons. The first kappa shape index (κ1) is 14.3. The topological polar surface area (TPSA) is 62.3 Å². The molecule has 1 fully saturated rings. The number of methoxy groups -OCH3 is 1. The molecule has 112 valence electrons. The summed E-state index contributed by atoms with van der Waals surface area (Å²) in [7, 11) is 3.46. The minimum Gasteiger partial charge on any atom is -0.493 e. The largest absolute Gasteiger partial charge is 0.493 e. The fraction of sp³-hybridized carbons (Fsp3) is 0.400. The zero-order valence-electron chi connectivity index (χ0n) is 12.1. The van der Waals surface area contributed by atoms with E-state index in [1.54, 1.807) is 18.0 Å². The van der Waals surface area contributed by atoms with Crippen molar-refractivity contribution < 1.29 is 9.47 Å². The van der Waals surface area contributed by atoms with Gasteiger partial charge >= 0.3 is 0 Å². The van der Waals surface area contributed by atoms with Gasteiger partial charge in [0.05, 0.1) is 19.9 Å². The molecule has 1 aromatic carbocycles. The molecule has 0 spiro atoms. The molecule has 1 aromatic heterocycles. The van der Waals surface area contributed by atoms with E-state index in [0.29, 0.717) is 17.5 Å². The summed E-state index contributed by atoms with van der Waals surface area (Å²) in [5.41, 5.74) is 7.86. The van der Waals surface area contributed by atoms with Gasteiger partial charge in [-0.3, -0.25) is 4.68 Å². The van der Waals surface area contributed by atoms with Gasteiger partial charge in [-0.1, -0.05) is 15.9 Å². The Bertz CT molecular complexity index is 665. The number of aryl methyl sites for hydroxylation is 1. The average Bonchev–Trinajstić information content (AvgIpc) is 3.25. The Morgan fingerprint density at radius 2 is 2.10 bits per heavy atom. The van der Waals surface area contributed by atoms with Gasteiger partial charge in [0.2, 0.25) is 0 Å². The summed E-state index contributed by atoms with van der Waals surface area (Å²) in [6.07, 6.45) is 4.27. The molecule has 0 atom stereocenters. The van der Waals surface area contributed by atoms with E-state index < -0.39 is 0 Å². The quantitative estimate of drug-likeness (QED) is 0.898. The van der Waals surface area contributed by atoms with Gasteiger partial charge in [-0.15, -0.1) is 0 Å². The molecule has 21 heavy (non-hydrogen) atoms. The van der Waals surface area contributed by atoms with E-state index >= 15 is 0 Å². The number of hydrogen-bond donors (Lipinski definition) is 1. The Kier molecular flexibility index (Phi) is 3.80. The number of nitrogens with zero attached hydrogens (tertiary/aromatic N) is 2. The lowest BCUT2D eigenvalue weighted by Gasteiger charge is -2.13. The van der Waals surface area contributed by atoms with Crippen LogP contribution in [0.3, 0.4) is 0 Å². The average molecular weight is 352 g/mol. The third-order valence-corrected chi connectivity index (χ3v) is 4.36. The van der Waals surface area contributed by atoms with Crippen molar-refractivity contribution in [2.75, 3.05) is 19.5 Å². The highest BCUT2D eigenvalue weighted by atomic mass is 79.9. The number of ether oxygens (including phenoxy) is 2. The highest BCUT2D eigenvalue weighted by Gasteiger charge is 2.23. The van der Waals surface area contributed by atoms with Crippen LogP contribution in [0.1, 0.15) is 12.8 Å². The second-order valence-corrected chi connectivity index (χ2v) is 6.16.